The van der Waals surface area contributed by atoms with Crippen LogP contribution in [0, 0.1) is 6.92 Å². The summed E-state index contributed by atoms with van der Waals surface area (Å²) in [4.78, 5) is 8.24. The number of rotatable bonds is 4. The van der Waals surface area contributed by atoms with Crippen LogP contribution in [-0.2, 0) is 6.54 Å². The number of hydrogen-bond acceptors (Lipinski definition) is 7. The first-order valence-corrected chi connectivity index (χ1v) is 4.74. The van der Waals surface area contributed by atoms with Gasteiger partial charge in [0.15, 0.2) is 5.82 Å². The van der Waals surface area contributed by atoms with Crippen LogP contribution in [0.2, 0.25) is 0 Å². The van der Waals surface area contributed by atoms with Crippen LogP contribution in [0.25, 0.3) is 0 Å². The zero-order chi connectivity index (χ0) is 11.4. The van der Waals surface area contributed by atoms with Gasteiger partial charge in [-0.1, -0.05) is 11.2 Å². The Morgan fingerprint density at radius 2 is 2.12 bits per heavy atom. The second kappa shape index (κ2) is 4.58. The van der Waals surface area contributed by atoms with E-state index in [2.05, 4.69) is 25.9 Å². The highest BCUT2D eigenvalue weighted by molar-refractivity contribution is 5.44. The normalized spacial score (nSPS) is 10.1. The zero-order valence-electron chi connectivity index (χ0n) is 8.77. The van der Waals surface area contributed by atoms with Crippen LogP contribution < -0.4 is 16.6 Å². The Morgan fingerprint density at radius 1 is 1.31 bits per heavy atom. The van der Waals surface area contributed by atoms with Crippen molar-refractivity contribution in [1.82, 2.24) is 15.1 Å². The van der Waals surface area contributed by atoms with E-state index in [0.717, 1.165) is 0 Å². The second-order valence-electron chi connectivity index (χ2n) is 3.14. The van der Waals surface area contributed by atoms with Gasteiger partial charge in [0.05, 0.1) is 6.54 Å². The third-order valence-electron chi connectivity index (χ3n) is 1.89. The predicted octanol–water partition coefficient (Wildman–Crippen LogP) is 0.671. The number of nitrogens with one attached hydrogen (secondary N) is 2. The molecule has 0 fully saturated rings. The van der Waals surface area contributed by atoms with Crippen molar-refractivity contribution < 1.29 is 4.52 Å². The Bertz CT molecular complexity index is 469. The molecule has 0 aliphatic rings. The van der Waals surface area contributed by atoms with Crippen molar-refractivity contribution in [3.05, 3.63) is 29.9 Å². The third kappa shape index (κ3) is 2.45. The average molecular weight is 220 g/mol. The molecule has 2 aromatic rings. The number of nitrogens with two attached hydrogens (primary N) is 1. The monoisotopic (exact) mass is 220 g/mol. The van der Waals surface area contributed by atoms with Gasteiger partial charge < -0.3 is 15.3 Å². The molecule has 0 aliphatic heterocycles. The fourth-order valence-electron chi connectivity index (χ4n) is 1.20. The van der Waals surface area contributed by atoms with Gasteiger partial charge in [-0.3, -0.25) is 0 Å². The summed E-state index contributed by atoms with van der Waals surface area (Å²) in [5.74, 6) is 7.67. The van der Waals surface area contributed by atoms with Crippen LogP contribution in [0.4, 0.5) is 11.6 Å². The molecule has 0 bridgehead atoms. The van der Waals surface area contributed by atoms with Gasteiger partial charge in [0, 0.05) is 6.92 Å². The maximum atomic E-state index is 5.25. The highest BCUT2D eigenvalue weighted by atomic mass is 16.5. The summed E-state index contributed by atoms with van der Waals surface area (Å²) in [6.07, 6.45) is 0. The van der Waals surface area contributed by atoms with Gasteiger partial charge in [-0.05, 0) is 12.1 Å². The summed E-state index contributed by atoms with van der Waals surface area (Å²) in [5.41, 5.74) is 2.47. The largest absolute Gasteiger partial charge is 0.363 e. The van der Waals surface area contributed by atoms with E-state index < -0.39 is 0 Å². The van der Waals surface area contributed by atoms with Gasteiger partial charge in [0.1, 0.15) is 11.6 Å². The van der Waals surface area contributed by atoms with Crippen LogP contribution in [0.1, 0.15) is 11.7 Å². The number of aromatic nitrogens is 3. The standard InChI is InChI=1S/C9H12N6O/c1-6-12-9(15-16-6)5-11-7-3-2-4-8(13-7)14-10/h2-4H,5,10H2,1H3,(H2,11,13,14). The smallest absolute Gasteiger partial charge is 0.223 e. The molecule has 2 heterocycles. The molecule has 0 atom stereocenters. The summed E-state index contributed by atoms with van der Waals surface area (Å²) in [7, 11) is 0. The lowest BCUT2D eigenvalue weighted by Crippen LogP contribution is -2.10. The number of nitrogen functional groups attached to an aromatic ring is 1. The van der Waals surface area contributed by atoms with E-state index in [0.29, 0.717) is 29.9 Å². The quantitative estimate of drug-likeness (QED) is 0.514. The van der Waals surface area contributed by atoms with E-state index >= 15 is 0 Å². The Labute approximate surface area is 92.0 Å². The van der Waals surface area contributed by atoms with E-state index in [4.69, 9.17) is 10.4 Å². The fourth-order valence-corrected chi connectivity index (χ4v) is 1.20. The van der Waals surface area contributed by atoms with Gasteiger partial charge in [0.25, 0.3) is 0 Å². The van der Waals surface area contributed by atoms with E-state index in [1.54, 1.807) is 13.0 Å². The zero-order valence-corrected chi connectivity index (χ0v) is 8.77. The average Bonchev–Trinajstić information content (AvgIpc) is 2.73. The molecule has 4 N–H and O–H groups in total. The van der Waals surface area contributed by atoms with Crippen molar-refractivity contribution in [2.75, 3.05) is 10.7 Å². The van der Waals surface area contributed by atoms with E-state index in [1.165, 1.54) is 0 Å². The minimum absolute atomic E-state index is 0.457. The first kappa shape index (κ1) is 10.4. The number of aryl methyl sites for hydroxylation is 1. The lowest BCUT2D eigenvalue weighted by Gasteiger charge is -2.04. The van der Waals surface area contributed by atoms with Gasteiger partial charge in [-0.25, -0.2) is 10.8 Å². The molecular formula is C9H12N6O. The molecule has 0 spiro atoms. The molecule has 0 amide bonds. The third-order valence-corrected chi connectivity index (χ3v) is 1.89. The Morgan fingerprint density at radius 3 is 2.81 bits per heavy atom. The molecule has 0 saturated carbocycles. The van der Waals surface area contributed by atoms with Gasteiger partial charge in [-0.2, -0.15) is 4.98 Å². The van der Waals surface area contributed by atoms with Crippen LogP contribution in [0.3, 0.4) is 0 Å². The lowest BCUT2D eigenvalue weighted by molar-refractivity contribution is 0.388. The highest BCUT2D eigenvalue weighted by Gasteiger charge is 2.02. The van der Waals surface area contributed by atoms with Crippen molar-refractivity contribution in [1.29, 1.82) is 0 Å². The highest BCUT2D eigenvalue weighted by Crippen LogP contribution is 2.08. The minimum Gasteiger partial charge on any atom is -0.363 e. The van der Waals surface area contributed by atoms with E-state index in [1.807, 2.05) is 12.1 Å². The minimum atomic E-state index is 0.457. The van der Waals surface area contributed by atoms with Crippen molar-refractivity contribution in [3.63, 3.8) is 0 Å². The Hall–Kier alpha value is -2.15. The maximum absolute atomic E-state index is 5.25. The number of hydrazine groups is 1. The number of nitrogens with zero attached hydrogens (tertiary/aromatic N) is 3. The molecule has 7 nitrogen and oxygen atoms in total. The topological polar surface area (TPSA) is 102 Å². The van der Waals surface area contributed by atoms with Gasteiger partial charge >= 0.3 is 0 Å². The van der Waals surface area contributed by atoms with Gasteiger partial charge in [0.2, 0.25) is 5.89 Å². The first-order chi connectivity index (χ1) is 7.78. The van der Waals surface area contributed by atoms with Crippen molar-refractivity contribution in [2.45, 2.75) is 13.5 Å². The van der Waals surface area contributed by atoms with Crippen molar-refractivity contribution >= 4 is 11.6 Å². The van der Waals surface area contributed by atoms with Crippen LogP contribution in [0.5, 0.6) is 0 Å². The van der Waals surface area contributed by atoms with Crippen LogP contribution in [0.15, 0.2) is 22.7 Å². The number of hydrogen-bond donors (Lipinski definition) is 3. The number of pyridine rings is 1. The Balaban J connectivity index is 1.99. The summed E-state index contributed by atoms with van der Waals surface area (Å²) >= 11 is 0. The molecule has 0 aromatic carbocycles. The van der Waals surface area contributed by atoms with E-state index in [-0.39, 0.29) is 0 Å². The molecule has 2 rings (SSSR count). The summed E-state index contributed by atoms with van der Waals surface area (Å²) in [5, 5.41) is 6.81. The SMILES string of the molecule is Cc1nc(CNc2cccc(NN)n2)no1. The molecule has 0 unspecified atom stereocenters. The molecule has 84 valence electrons. The van der Waals surface area contributed by atoms with Crippen molar-refractivity contribution in [3.8, 4) is 0 Å². The summed E-state index contributed by atoms with van der Waals surface area (Å²) < 4.78 is 4.84. The molecule has 0 saturated heterocycles. The molecule has 16 heavy (non-hydrogen) atoms. The van der Waals surface area contributed by atoms with Gasteiger partial charge in [-0.15, -0.1) is 0 Å². The van der Waals surface area contributed by atoms with Crippen molar-refractivity contribution in [2.24, 2.45) is 5.84 Å². The molecule has 0 radical (unpaired) electrons. The first-order valence-electron chi connectivity index (χ1n) is 4.74. The summed E-state index contributed by atoms with van der Waals surface area (Å²) in [6.45, 7) is 2.20. The van der Waals surface area contributed by atoms with Crippen LogP contribution >= 0.6 is 0 Å². The fraction of sp³-hybridized carbons (Fsp3) is 0.222. The number of anilines is 2. The Kier molecular flexibility index (Phi) is 2.97. The molecule has 7 heteroatoms. The molecule has 0 aliphatic carbocycles. The maximum Gasteiger partial charge on any atom is 0.223 e. The second-order valence-corrected chi connectivity index (χ2v) is 3.14. The lowest BCUT2D eigenvalue weighted by atomic mass is 10.4. The summed E-state index contributed by atoms with van der Waals surface area (Å²) in [6, 6.07) is 5.43. The van der Waals surface area contributed by atoms with Crippen LogP contribution in [-0.4, -0.2) is 15.1 Å². The molecule has 2 aromatic heterocycles. The predicted molar refractivity (Wildman–Crippen MR) is 58.4 cm³/mol. The molecular weight excluding hydrogens is 208 g/mol. The van der Waals surface area contributed by atoms with E-state index in [9.17, 15) is 0 Å².